The molecule has 43 heavy (non-hydrogen) atoms. The van der Waals surface area contributed by atoms with Crippen LogP contribution >= 0.6 is 0 Å². The molecule has 0 saturated carbocycles. The molecule has 5 rings (SSSR count). The molecule has 0 bridgehead atoms. The van der Waals surface area contributed by atoms with Crippen LogP contribution in [0.5, 0.6) is 17.2 Å². The maximum Gasteiger partial charge on any atom is 0.271 e. The summed E-state index contributed by atoms with van der Waals surface area (Å²) in [6.45, 7) is 6.29. The zero-order valence-corrected chi connectivity index (χ0v) is 24.0. The average Bonchev–Trinajstić information content (AvgIpc) is 3.53. The van der Waals surface area contributed by atoms with Crippen LogP contribution < -0.4 is 29.7 Å². The van der Waals surface area contributed by atoms with Gasteiger partial charge in [0.25, 0.3) is 11.8 Å². The van der Waals surface area contributed by atoms with Crippen molar-refractivity contribution in [3.63, 3.8) is 0 Å². The zero-order valence-electron chi connectivity index (χ0n) is 24.0. The van der Waals surface area contributed by atoms with Gasteiger partial charge in [0, 0.05) is 36.1 Å². The van der Waals surface area contributed by atoms with Gasteiger partial charge in [-0.25, -0.2) is 9.38 Å². The standard InChI is InChI=1S/C32H31FN4O6/c1-5-37(21-11-8-19(2)9-12-21)32(39)29(26-7-6-14-42-26)30(38)36-20-10-13-25(23(33)15-20)43-31-22-16-27(40-3)28(41-4)17-24(22)34-18-35-31/h5,8-13,15-17,34H,1,6-7,14,18H2,2-4H3,(H,36,38)/b29-26+. The molecule has 2 aliphatic rings. The Hall–Kier alpha value is -5.32. The molecule has 2 heterocycles. The van der Waals surface area contributed by atoms with Crippen molar-refractivity contribution >= 4 is 34.8 Å². The number of hydrogen-bond donors (Lipinski definition) is 2. The van der Waals surface area contributed by atoms with Crippen molar-refractivity contribution in [2.45, 2.75) is 19.8 Å². The number of fused-ring (bicyclic) bond motifs is 1. The van der Waals surface area contributed by atoms with Gasteiger partial charge in [-0.15, -0.1) is 0 Å². The predicted octanol–water partition coefficient (Wildman–Crippen LogP) is 5.54. The molecule has 2 aliphatic heterocycles. The molecule has 3 aromatic rings. The minimum Gasteiger partial charge on any atom is -0.497 e. The van der Waals surface area contributed by atoms with Crippen molar-refractivity contribution < 1.29 is 32.9 Å². The van der Waals surface area contributed by atoms with Gasteiger partial charge in [0.2, 0.25) is 5.90 Å². The fourth-order valence-corrected chi connectivity index (χ4v) is 4.70. The molecule has 2 N–H and O–H groups in total. The van der Waals surface area contributed by atoms with Crippen LogP contribution in [0.25, 0.3) is 0 Å². The van der Waals surface area contributed by atoms with E-state index in [-0.39, 0.29) is 35.3 Å². The number of carbonyl (C=O) groups is 2. The number of rotatable bonds is 8. The smallest absolute Gasteiger partial charge is 0.271 e. The summed E-state index contributed by atoms with van der Waals surface area (Å²) in [6.07, 6.45) is 2.43. The summed E-state index contributed by atoms with van der Waals surface area (Å²) in [5.74, 6) is -0.750. The number of aryl methyl sites for hydroxylation is 1. The highest BCUT2D eigenvalue weighted by Gasteiger charge is 2.31. The second-order valence-corrected chi connectivity index (χ2v) is 9.70. The molecule has 11 heteroatoms. The molecular weight excluding hydrogens is 555 g/mol. The number of halogens is 1. The van der Waals surface area contributed by atoms with Gasteiger partial charge in [-0.3, -0.25) is 14.5 Å². The molecule has 0 unspecified atom stereocenters. The summed E-state index contributed by atoms with van der Waals surface area (Å²) >= 11 is 0. The molecule has 0 radical (unpaired) electrons. The minimum atomic E-state index is -0.744. The summed E-state index contributed by atoms with van der Waals surface area (Å²) in [5.41, 5.74) is 2.75. The topological polar surface area (TPSA) is 111 Å². The summed E-state index contributed by atoms with van der Waals surface area (Å²) in [4.78, 5) is 32.7. The second kappa shape index (κ2) is 12.7. The molecule has 0 atom stereocenters. The molecule has 0 aromatic heterocycles. The summed E-state index contributed by atoms with van der Waals surface area (Å²) in [7, 11) is 3.04. The summed E-state index contributed by atoms with van der Waals surface area (Å²) < 4.78 is 37.5. The van der Waals surface area contributed by atoms with Crippen molar-refractivity contribution in [1.82, 2.24) is 0 Å². The van der Waals surface area contributed by atoms with Gasteiger partial charge >= 0.3 is 0 Å². The molecule has 0 spiro atoms. The van der Waals surface area contributed by atoms with Gasteiger partial charge in [-0.1, -0.05) is 24.3 Å². The number of benzene rings is 3. The van der Waals surface area contributed by atoms with E-state index in [1.807, 2.05) is 19.1 Å². The number of aliphatic imine (C=N–C) groups is 1. The number of methoxy groups -OCH3 is 2. The first-order chi connectivity index (χ1) is 20.8. The molecule has 1 fully saturated rings. The van der Waals surface area contributed by atoms with E-state index < -0.39 is 17.6 Å². The monoisotopic (exact) mass is 586 g/mol. The number of ether oxygens (including phenoxy) is 4. The number of anilines is 3. The fourth-order valence-electron chi connectivity index (χ4n) is 4.70. The van der Waals surface area contributed by atoms with Crippen molar-refractivity contribution in [3.8, 4) is 17.2 Å². The highest BCUT2D eigenvalue weighted by atomic mass is 19.1. The lowest BCUT2D eigenvalue weighted by molar-refractivity contribution is -0.119. The van der Waals surface area contributed by atoms with Crippen molar-refractivity contribution in [3.05, 3.63) is 95.7 Å². The van der Waals surface area contributed by atoms with Crippen molar-refractivity contribution in [2.75, 3.05) is 43.0 Å². The van der Waals surface area contributed by atoms with E-state index in [2.05, 4.69) is 22.2 Å². The molecule has 222 valence electrons. The Bertz CT molecular complexity index is 1630. The molecule has 1 saturated heterocycles. The van der Waals surface area contributed by atoms with Crippen LogP contribution in [-0.4, -0.2) is 45.2 Å². The Balaban J connectivity index is 1.37. The Morgan fingerprint density at radius 1 is 1.07 bits per heavy atom. The van der Waals surface area contributed by atoms with Crippen LogP contribution in [0.1, 0.15) is 24.0 Å². The van der Waals surface area contributed by atoms with E-state index in [0.717, 1.165) is 11.6 Å². The molecular formula is C32H31FN4O6. The molecule has 2 amide bonds. The minimum absolute atomic E-state index is 0.106. The van der Waals surface area contributed by atoms with E-state index in [4.69, 9.17) is 18.9 Å². The first-order valence-electron chi connectivity index (χ1n) is 13.5. The van der Waals surface area contributed by atoms with Gasteiger partial charge in [0.15, 0.2) is 23.1 Å². The highest BCUT2D eigenvalue weighted by molar-refractivity contribution is 6.27. The maximum absolute atomic E-state index is 15.3. The summed E-state index contributed by atoms with van der Waals surface area (Å²) in [5, 5.41) is 5.75. The van der Waals surface area contributed by atoms with E-state index in [1.54, 1.807) is 24.3 Å². The van der Waals surface area contributed by atoms with Gasteiger partial charge in [-0.05, 0) is 43.7 Å². The maximum atomic E-state index is 15.3. The van der Waals surface area contributed by atoms with Gasteiger partial charge in [0.05, 0.1) is 32.1 Å². The van der Waals surface area contributed by atoms with Crippen molar-refractivity contribution in [1.29, 1.82) is 0 Å². The first-order valence-corrected chi connectivity index (χ1v) is 13.5. The zero-order chi connectivity index (χ0) is 30.5. The van der Waals surface area contributed by atoms with Gasteiger partial charge in [-0.2, -0.15) is 0 Å². The van der Waals surface area contributed by atoms with E-state index >= 15 is 4.39 Å². The first kappa shape index (κ1) is 29.2. The van der Waals surface area contributed by atoms with Crippen LogP contribution in [0.4, 0.5) is 21.5 Å². The third-order valence-electron chi connectivity index (χ3n) is 6.90. The number of hydrogen-bond acceptors (Lipinski definition) is 8. The number of amides is 2. The Morgan fingerprint density at radius 3 is 2.47 bits per heavy atom. The van der Waals surface area contributed by atoms with Crippen LogP contribution in [0.2, 0.25) is 0 Å². The Kier molecular flexibility index (Phi) is 8.61. The SMILES string of the molecule is C=CN(C(=O)/C(C(=O)Nc1ccc(OC2=NCNc3cc(OC)c(OC)cc32)c(F)c1)=C1\CCCO1)c1ccc(C)cc1. The number of nitrogens with one attached hydrogen (secondary N) is 2. The molecule has 3 aromatic carbocycles. The van der Waals surface area contributed by atoms with Gasteiger partial charge < -0.3 is 29.6 Å². The third-order valence-corrected chi connectivity index (χ3v) is 6.90. The van der Waals surface area contributed by atoms with E-state index in [9.17, 15) is 9.59 Å². The third kappa shape index (κ3) is 6.15. The second-order valence-electron chi connectivity index (χ2n) is 9.70. The van der Waals surface area contributed by atoms with Crippen LogP contribution in [0, 0.1) is 12.7 Å². The number of carbonyl (C=O) groups excluding carboxylic acids is 2. The predicted molar refractivity (Wildman–Crippen MR) is 161 cm³/mol. The van der Waals surface area contributed by atoms with Crippen LogP contribution in [-0.2, 0) is 14.3 Å². The van der Waals surface area contributed by atoms with E-state index in [0.29, 0.717) is 47.9 Å². The normalized spacial score (nSPS) is 14.7. The largest absolute Gasteiger partial charge is 0.497 e. The van der Waals surface area contributed by atoms with E-state index in [1.165, 1.54) is 37.5 Å². The summed E-state index contributed by atoms with van der Waals surface area (Å²) in [6, 6.07) is 14.6. The Morgan fingerprint density at radius 2 is 1.81 bits per heavy atom. The van der Waals surface area contributed by atoms with Crippen LogP contribution in [0.15, 0.2) is 83.7 Å². The number of nitrogens with zero attached hydrogens (tertiary/aromatic N) is 2. The molecule has 0 aliphatic carbocycles. The van der Waals surface area contributed by atoms with Crippen LogP contribution in [0.3, 0.4) is 0 Å². The lowest BCUT2D eigenvalue weighted by Gasteiger charge is -2.21. The van der Waals surface area contributed by atoms with Crippen molar-refractivity contribution in [2.24, 2.45) is 4.99 Å². The highest BCUT2D eigenvalue weighted by Crippen LogP contribution is 2.36. The average molecular weight is 587 g/mol. The van der Waals surface area contributed by atoms with Gasteiger partial charge in [0.1, 0.15) is 18.0 Å². The lowest BCUT2D eigenvalue weighted by atomic mass is 10.1. The fraction of sp³-hybridized carbons (Fsp3) is 0.219. The quantitative estimate of drug-likeness (QED) is 0.203. The number of allylic oxidation sites excluding steroid dienone is 1. The Labute approximate surface area is 248 Å². The molecule has 10 nitrogen and oxygen atoms in total. The lowest BCUT2D eigenvalue weighted by Crippen LogP contribution is -2.33.